The molecule has 0 aliphatic carbocycles. The molecule has 1 fully saturated rings. The lowest BCUT2D eigenvalue weighted by Crippen LogP contribution is -2.48. The molecule has 2 nitrogen and oxygen atoms in total. The lowest BCUT2D eigenvalue weighted by Gasteiger charge is -2.35. The molecule has 1 saturated heterocycles. The van der Waals surface area contributed by atoms with Crippen molar-refractivity contribution < 1.29 is 9.84 Å². The van der Waals surface area contributed by atoms with Crippen molar-refractivity contribution in [1.82, 2.24) is 0 Å². The molecule has 1 aliphatic rings. The van der Waals surface area contributed by atoms with Crippen LogP contribution in [0, 0.1) is 0 Å². The quantitative estimate of drug-likeness (QED) is 0.511. The van der Waals surface area contributed by atoms with E-state index in [9.17, 15) is 0 Å². The Morgan fingerprint density at radius 3 is 2.29 bits per heavy atom. The van der Waals surface area contributed by atoms with Gasteiger partial charge in [-0.3, -0.25) is 0 Å². The van der Waals surface area contributed by atoms with Crippen LogP contribution in [0.2, 0.25) is 0 Å². The molecule has 7 heavy (non-hydrogen) atoms. The summed E-state index contributed by atoms with van der Waals surface area (Å²) in [5.74, 6) is 0. The normalized spacial score (nSPS) is 26.6. The van der Waals surface area contributed by atoms with Crippen molar-refractivity contribution in [2.45, 2.75) is 18.9 Å². The third-order valence-corrected chi connectivity index (χ3v) is 1.40. The number of hydrogen-bond acceptors (Lipinski definition) is 2. The van der Waals surface area contributed by atoms with Gasteiger partial charge in [0.05, 0.1) is 13.2 Å². The van der Waals surface area contributed by atoms with Crippen molar-refractivity contribution in [3.05, 3.63) is 0 Å². The van der Waals surface area contributed by atoms with Crippen LogP contribution in [0.5, 0.6) is 0 Å². The molecule has 0 aromatic heterocycles. The van der Waals surface area contributed by atoms with E-state index < -0.39 is 5.60 Å². The molecule has 1 heterocycles. The lowest BCUT2D eigenvalue weighted by atomic mass is 10.00. The van der Waals surface area contributed by atoms with Gasteiger partial charge in [0.15, 0.2) is 0 Å². The molecule has 0 aromatic carbocycles. The molecule has 0 aromatic rings. The molecule has 0 spiro atoms. The first-order valence-corrected chi connectivity index (χ1v) is 2.57. The molecule has 0 atom stereocenters. The molecule has 2 heteroatoms. The molecule has 0 unspecified atom stereocenters. The van der Waals surface area contributed by atoms with Gasteiger partial charge in [0, 0.05) is 0 Å². The molecule has 0 saturated carbocycles. The van der Waals surface area contributed by atoms with E-state index in [1.165, 1.54) is 0 Å². The molecule has 1 aliphatic heterocycles. The van der Waals surface area contributed by atoms with Gasteiger partial charge >= 0.3 is 0 Å². The monoisotopic (exact) mass is 102 g/mol. The Morgan fingerprint density at radius 2 is 2.29 bits per heavy atom. The van der Waals surface area contributed by atoms with E-state index in [1.807, 2.05) is 6.92 Å². The third-order valence-electron chi connectivity index (χ3n) is 1.40. The van der Waals surface area contributed by atoms with Gasteiger partial charge in [-0.1, -0.05) is 6.92 Å². The second kappa shape index (κ2) is 1.46. The van der Waals surface area contributed by atoms with Crippen molar-refractivity contribution >= 4 is 0 Å². The van der Waals surface area contributed by atoms with Crippen molar-refractivity contribution in [1.29, 1.82) is 0 Å². The first kappa shape index (κ1) is 5.06. The molecule has 1 rings (SSSR count). The molecular weight excluding hydrogens is 92.1 g/mol. The van der Waals surface area contributed by atoms with Crippen LogP contribution in [0.25, 0.3) is 0 Å². The second-order valence-electron chi connectivity index (χ2n) is 2.07. The minimum absolute atomic E-state index is 0.458. The fourth-order valence-corrected chi connectivity index (χ4v) is 0.542. The van der Waals surface area contributed by atoms with Gasteiger partial charge < -0.3 is 9.84 Å². The van der Waals surface area contributed by atoms with Gasteiger partial charge in [-0.05, 0) is 6.42 Å². The highest BCUT2D eigenvalue weighted by Gasteiger charge is 2.33. The maximum atomic E-state index is 9.09. The van der Waals surface area contributed by atoms with Gasteiger partial charge in [-0.2, -0.15) is 0 Å². The Kier molecular flexibility index (Phi) is 1.05. The second-order valence-corrected chi connectivity index (χ2v) is 2.07. The highest BCUT2D eigenvalue weighted by atomic mass is 16.5. The number of ether oxygens (including phenoxy) is 1. The summed E-state index contributed by atoms with van der Waals surface area (Å²) in [6, 6.07) is 0. The maximum absolute atomic E-state index is 9.09. The zero-order valence-electron chi connectivity index (χ0n) is 4.48. The Bertz CT molecular complexity index is 61.0. The van der Waals surface area contributed by atoms with Crippen molar-refractivity contribution in [2.75, 3.05) is 13.2 Å². The predicted octanol–water partition coefficient (Wildman–Crippen LogP) is 0.158. The van der Waals surface area contributed by atoms with Crippen LogP contribution in [0.1, 0.15) is 13.3 Å². The SMILES string of the molecule is CCC1(O)COC1. The van der Waals surface area contributed by atoms with Crippen molar-refractivity contribution in [2.24, 2.45) is 0 Å². The number of hydrogen-bond donors (Lipinski definition) is 1. The molecule has 1 N–H and O–H groups in total. The first-order chi connectivity index (χ1) is 3.27. The van der Waals surface area contributed by atoms with E-state index in [0.29, 0.717) is 13.2 Å². The van der Waals surface area contributed by atoms with E-state index >= 15 is 0 Å². The maximum Gasteiger partial charge on any atom is 0.111 e. The van der Waals surface area contributed by atoms with Crippen LogP contribution in [0.15, 0.2) is 0 Å². The largest absolute Gasteiger partial charge is 0.385 e. The molecular formula is C5H10O2. The summed E-state index contributed by atoms with van der Waals surface area (Å²) < 4.78 is 4.78. The minimum Gasteiger partial charge on any atom is -0.385 e. The van der Waals surface area contributed by atoms with Crippen LogP contribution in [-0.4, -0.2) is 23.9 Å². The van der Waals surface area contributed by atoms with E-state index in [4.69, 9.17) is 9.84 Å². The van der Waals surface area contributed by atoms with Gasteiger partial charge in [0.2, 0.25) is 0 Å². The average Bonchev–Trinajstić information content (AvgIpc) is 1.61. The highest BCUT2D eigenvalue weighted by Crippen LogP contribution is 2.19. The Morgan fingerprint density at radius 1 is 1.71 bits per heavy atom. The first-order valence-electron chi connectivity index (χ1n) is 2.57. The smallest absolute Gasteiger partial charge is 0.111 e. The molecule has 0 amide bonds. The number of rotatable bonds is 1. The summed E-state index contributed by atoms with van der Waals surface area (Å²) in [5, 5.41) is 9.09. The fraction of sp³-hybridized carbons (Fsp3) is 1.00. The summed E-state index contributed by atoms with van der Waals surface area (Å²) in [6.07, 6.45) is 0.812. The van der Waals surface area contributed by atoms with Crippen LogP contribution < -0.4 is 0 Å². The van der Waals surface area contributed by atoms with E-state index in [0.717, 1.165) is 6.42 Å². The van der Waals surface area contributed by atoms with Crippen LogP contribution in [-0.2, 0) is 4.74 Å². The van der Waals surface area contributed by atoms with Gasteiger partial charge in [-0.25, -0.2) is 0 Å². The van der Waals surface area contributed by atoms with E-state index in [-0.39, 0.29) is 0 Å². The molecule has 0 radical (unpaired) electrons. The van der Waals surface area contributed by atoms with Crippen molar-refractivity contribution in [3.8, 4) is 0 Å². The van der Waals surface area contributed by atoms with Crippen LogP contribution in [0.4, 0.5) is 0 Å². The van der Waals surface area contributed by atoms with Crippen molar-refractivity contribution in [3.63, 3.8) is 0 Å². The zero-order chi connectivity index (χ0) is 5.33. The number of aliphatic hydroxyl groups is 1. The topological polar surface area (TPSA) is 29.5 Å². The zero-order valence-corrected chi connectivity index (χ0v) is 4.48. The Labute approximate surface area is 43.1 Å². The van der Waals surface area contributed by atoms with E-state index in [2.05, 4.69) is 0 Å². The third kappa shape index (κ3) is 0.763. The highest BCUT2D eigenvalue weighted by molar-refractivity contribution is 4.82. The van der Waals surface area contributed by atoms with E-state index in [1.54, 1.807) is 0 Å². The Balaban J connectivity index is 2.29. The summed E-state index contributed by atoms with van der Waals surface area (Å²) >= 11 is 0. The van der Waals surface area contributed by atoms with Gasteiger partial charge in [0.1, 0.15) is 5.60 Å². The summed E-state index contributed by atoms with van der Waals surface area (Å²) in [6.45, 7) is 3.02. The van der Waals surface area contributed by atoms with Gasteiger partial charge in [0.25, 0.3) is 0 Å². The molecule has 42 valence electrons. The average molecular weight is 102 g/mol. The summed E-state index contributed by atoms with van der Waals surface area (Å²) in [4.78, 5) is 0. The standard InChI is InChI=1S/C5H10O2/c1-2-5(6)3-7-4-5/h6H,2-4H2,1H3. The van der Waals surface area contributed by atoms with Gasteiger partial charge in [-0.15, -0.1) is 0 Å². The lowest BCUT2D eigenvalue weighted by molar-refractivity contribution is -0.178. The minimum atomic E-state index is -0.458. The van der Waals surface area contributed by atoms with Crippen LogP contribution >= 0.6 is 0 Å². The predicted molar refractivity (Wildman–Crippen MR) is 26.1 cm³/mol. The summed E-state index contributed by atoms with van der Waals surface area (Å²) in [7, 11) is 0. The summed E-state index contributed by atoms with van der Waals surface area (Å²) in [5.41, 5.74) is -0.458. The Hall–Kier alpha value is -0.0800. The fourth-order valence-electron chi connectivity index (χ4n) is 0.542. The van der Waals surface area contributed by atoms with Crippen LogP contribution in [0.3, 0.4) is 0 Å². The molecule has 0 bridgehead atoms.